The average Bonchev–Trinajstić information content (AvgIpc) is 2.95. The van der Waals surface area contributed by atoms with E-state index in [0.29, 0.717) is 22.9 Å². The summed E-state index contributed by atoms with van der Waals surface area (Å²) >= 11 is 1.42. The number of fused-ring (bicyclic) bond motifs is 1. The molecule has 0 aliphatic heterocycles. The second-order valence-electron chi connectivity index (χ2n) is 6.20. The van der Waals surface area contributed by atoms with Crippen LogP contribution in [-0.4, -0.2) is 36.2 Å². The van der Waals surface area contributed by atoms with Crippen LogP contribution in [0.4, 0.5) is 5.69 Å². The monoisotopic (exact) mass is 392 g/mol. The zero-order valence-corrected chi connectivity index (χ0v) is 16.6. The van der Waals surface area contributed by atoms with E-state index in [9.17, 15) is 13.2 Å². The van der Waals surface area contributed by atoms with Gasteiger partial charge in [-0.05, 0) is 31.5 Å². The predicted octanol–water partition coefficient (Wildman–Crippen LogP) is 2.24. The molecule has 3 rings (SSSR count). The van der Waals surface area contributed by atoms with Crippen LogP contribution in [0.5, 0.6) is 0 Å². The summed E-state index contributed by atoms with van der Waals surface area (Å²) in [5.74, 6) is 0. The molecule has 26 heavy (non-hydrogen) atoms. The molecule has 0 saturated carbocycles. The van der Waals surface area contributed by atoms with E-state index >= 15 is 0 Å². The molecule has 0 atom stereocenters. The van der Waals surface area contributed by atoms with E-state index in [0.717, 1.165) is 11.3 Å². The molecule has 7 nitrogen and oxygen atoms in total. The number of rotatable bonds is 5. The van der Waals surface area contributed by atoms with Crippen LogP contribution in [0, 0.1) is 13.8 Å². The van der Waals surface area contributed by atoms with Crippen LogP contribution >= 0.6 is 11.3 Å². The van der Waals surface area contributed by atoms with Gasteiger partial charge in [-0.3, -0.25) is 9.20 Å². The molecule has 0 unspecified atom stereocenters. The Morgan fingerprint density at radius 2 is 1.96 bits per heavy atom. The molecular formula is C17H20N4O3S2. The normalized spacial score (nSPS) is 12.0. The van der Waals surface area contributed by atoms with E-state index in [-0.39, 0.29) is 10.5 Å². The van der Waals surface area contributed by atoms with Gasteiger partial charge in [0.2, 0.25) is 10.0 Å². The van der Waals surface area contributed by atoms with Crippen LogP contribution in [0.3, 0.4) is 0 Å². The van der Waals surface area contributed by atoms with Crippen molar-refractivity contribution >= 4 is 32.0 Å². The Bertz CT molecular complexity index is 1130. The molecule has 0 fully saturated rings. The molecule has 0 saturated heterocycles. The SMILES string of the molecule is Cc1ccc(S(=O)(=O)N(C)C)cc1NCc1cc(=O)n2c(C)csc2n1. The number of thiazole rings is 1. The second kappa shape index (κ2) is 6.82. The number of anilines is 1. The third-order valence-corrected chi connectivity index (χ3v) is 6.83. The number of sulfonamides is 1. The number of nitrogens with one attached hydrogen (secondary N) is 1. The first-order valence-corrected chi connectivity index (χ1v) is 10.3. The number of hydrogen-bond donors (Lipinski definition) is 1. The zero-order chi connectivity index (χ0) is 19.1. The smallest absolute Gasteiger partial charge is 0.259 e. The lowest BCUT2D eigenvalue weighted by Gasteiger charge is -2.15. The van der Waals surface area contributed by atoms with Crippen LogP contribution in [0.2, 0.25) is 0 Å². The van der Waals surface area contributed by atoms with E-state index in [4.69, 9.17) is 0 Å². The molecule has 0 aliphatic carbocycles. The van der Waals surface area contributed by atoms with Crippen molar-refractivity contribution in [2.24, 2.45) is 0 Å². The van der Waals surface area contributed by atoms with Crippen LogP contribution in [-0.2, 0) is 16.6 Å². The fraction of sp³-hybridized carbons (Fsp3) is 0.294. The van der Waals surface area contributed by atoms with Gasteiger partial charge in [0, 0.05) is 36.9 Å². The Kier molecular flexibility index (Phi) is 4.87. The summed E-state index contributed by atoms with van der Waals surface area (Å²) < 4.78 is 27.4. The van der Waals surface area contributed by atoms with Gasteiger partial charge >= 0.3 is 0 Å². The fourth-order valence-corrected chi connectivity index (χ4v) is 4.36. The summed E-state index contributed by atoms with van der Waals surface area (Å²) in [6, 6.07) is 6.44. The lowest BCUT2D eigenvalue weighted by atomic mass is 10.2. The molecule has 0 spiro atoms. The first kappa shape index (κ1) is 18.6. The summed E-state index contributed by atoms with van der Waals surface area (Å²) in [6.45, 7) is 4.09. The highest BCUT2D eigenvalue weighted by Crippen LogP contribution is 2.22. The predicted molar refractivity (Wildman–Crippen MR) is 103 cm³/mol. The molecule has 138 valence electrons. The Morgan fingerprint density at radius 1 is 1.23 bits per heavy atom. The van der Waals surface area contributed by atoms with Crippen molar-refractivity contribution in [2.45, 2.75) is 25.3 Å². The molecule has 0 amide bonds. The van der Waals surface area contributed by atoms with Crippen molar-refractivity contribution in [3.63, 3.8) is 0 Å². The molecule has 1 N–H and O–H groups in total. The van der Waals surface area contributed by atoms with Crippen LogP contribution < -0.4 is 10.9 Å². The van der Waals surface area contributed by atoms with Gasteiger partial charge in [-0.2, -0.15) is 0 Å². The van der Waals surface area contributed by atoms with E-state index in [2.05, 4.69) is 10.3 Å². The number of hydrogen-bond acceptors (Lipinski definition) is 6. The third-order valence-electron chi connectivity index (χ3n) is 4.08. The quantitative estimate of drug-likeness (QED) is 0.720. The number of benzene rings is 1. The maximum absolute atomic E-state index is 12.3. The van der Waals surface area contributed by atoms with Crippen molar-refractivity contribution < 1.29 is 8.42 Å². The van der Waals surface area contributed by atoms with Crippen molar-refractivity contribution in [3.05, 3.63) is 57.0 Å². The Morgan fingerprint density at radius 3 is 2.65 bits per heavy atom. The van der Waals surface area contributed by atoms with Crippen molar-refractivity contribution in [1.82, 2.24) is 13.7 Å². The van der Waals surface area contributed by atoms with E-state index < -0.39 is 10.0 Å². The van der Waals surface area contributed by atoms with Crippen molar-refractivity contribution in [2.75, 3.05) is 19.4 Å². The minimum absolute atomic E-state index is 0.119. The minimum atomic E-state index is -3.51. The Hall–Kier alpha value is -2.23. The number of aryl methyl sites for hydroxylation is 2. The molecule has 1 aromatic carbocycles. The highest BCUT2D eigenvalue weighted by molar-refractivity contribution is 7.89. The molecule has 2 heterocycles. The van der Waals surface area contributed by atoms with Gasteiger partial charge in [-0.15, -0.1) is 11.3 Å². The van der Waals surface area contributed by atoms with Gasteiger partial charge in [0.05, 0.1) is 17.1 Å². The summed E-state index contributed by atoms with van der Waals surface area (Å²) in [4.78, 5) is 17.6. The molecule has 0 aliphatic rings. The second-order valence-corrected chi connectivity index (χ2v) is 9.19. The van der Waals surface area contributed by atoms with Crippen molar-refractivity contribution in [3.8, 4) is 0 Å². The summed E-state index contributed by atoms with van der Waals surface area (Å²) in [7, 11) is -0.510. The molecular weight excluding hydrogens is 372 g/mol. The van der Waals surface area contributed by atoms with Crippen molar-refractivity contribution in [1.29, 1.82) is 0 Å². The van der Waals surface area contributed by atoms with E-state index in [1.54, 1.807) is 22.6 Å². The largest absolute Gasteiger partial charge is 0.379 e. The standard InChI is InChI=1S/C17H20N4O3S2/c1-11-5-6-14(26(23,24)20(3)4)8-15(11)18-9-13-7-16(22)21-12(2)10-25-17(21)19-13/h5-8,10,18H,9H2,1-4H3. The maximum atomic E-state index is 12.3. The van der Waals surface area contributed by atoms with Gasteiger partial charge in [0.1, 0.15) is 0 Å². The van der Waals surface area contributed by atoms with Gasteiger partial charge in [0.25, 0.3) is 5.56 Å². The van der Waals surface area contributed by atoms with Gasteiger partial charge < -0.3 is 5.32 Å². The first-order chi connectivity index (χ1) is 12.2. The average molecular weight is 393 g/mol. The minimum Gasteiger partial charge on any atom is -0.379 e. The van der Waals surface area contributed by atoms with Crippen LogP contribution in [0.15, 0.2) is 39.3 Å². The van der Waals surface area contributed by atoms with E-state index in [1.807, 2.05) is 19.2 Å². The van der Waals surface area contributed by atoms with Gasteiger partial charge in [-0.1, -0.05) is 6.07 Å². The van der Waals surface area contributed by atoms with E-state index in [1.165, 1.54) is 35.8 Å². The highest BCUT2D eigenvalue weighted by Gasteiger charge is 2.18. The third kappa shape index (κ3) is 3.37. The van der Waals surface area contributed by atoms with Gasteiger partial charge in [-0.25, -0.2) is 17.7 Å². The lowest BCUT2D eigenvalue weighted by molar-refractivity contribution is 0.521. The number of nitrogens with zero attached hydrogens (tertiary/aromatic N) is 3. The maximum Gasteiger partial charge on any atom is 0.259 e. The molecule has 9 heteroatoms. The zero-order valence-electron chi connectivity index (χ0n) is 15.0. The molecule has 0 radical (unpaired) electrons. The molecule has 0 bridgehead atoms. The number of aromatic nitrogens is 2. The molecule has 2 aromatic heterocycles. The Labute approximate surface area is 156 Å². The fourth-order valence-electron chi connectivity index (χ4n) is 2.54. The van der Waals surface area contributed by atoms with Crippen LogP contribution in [0.1, 0.15) is 17.0 Å². The molecule has 3 aromatic rings. The topological polar surface area (TPSA) is 83.8 Å². The lowest BCUT2D eigenvalue weighted by Crippen LogP contribution is -2.22. The summed E-state index contributed by atoms with van der Waals surface area (Å²) in [5.41, 5.74) is 2.95. The Balaban J connectivity index is 1.89. The summed E-state index contributed by atoms with van der Waals surface area (Å²) in [6.07, 6.45) is 0. The van der Waals surface area contributed by atoms with Crippen LogP contribution in [0.25, 0.3) is 4.96 Å². The van der Waals surface area contributed by atoms with Gasteiger partial charge in [0.15, 0.2) is 4.96 Å². The summed E-state index contributed by atoms with van der Waals surface area (Å²) in [5, 5.41) is 5.08. The first-order valence-electron chi connectivity index (χ1n) is 7.94. The highest BCUT2D eigenvalue weighted by atomic mass is 32.2.